The minimum Gasteiger partial charge on any atom is -0.380 e. The molecule has 3 heteroatoms. The molecule has 0 aliphatic carbocycles. The van der Waals surface area contributed by atoms with E-state index in [1.54, 1.807) is 0 Å². The Labute approximate surface area is 123 Å². The Morgan fingerprint density at radius 1 is 1.45 bits per heavy atom. The summed E-state index contributed by atoms with van der Waals surface area (Å²) in [5.74, 6) is 0. The van der Waals surface area contributed by atoms with E-state index in [1.165, 1.54) is 29.7 Å². The van der Waals surface area contributed by atoms with E-state index in [-0.39, 0.29) is 6.04 Å². The lowest BCUT2D eigenvalue weighted by Crippen LogP contribution is -2.39. The number of nitrogens with two attached hydrogens (primary N) is 1. The van der Waals surface area contributed by atoms with Crippen LogP contribution in [0.2, 0.25) is 0 Å². The summed E-state index contributed by atoms with van der Waals surface area (Å²) in [4.78, 5) is 2.44. The number of methoxy groups -OCH3 is 1. The summed E-state index contributed by atoms with van der Waals surface area (Å²) < 4.78 is 5.51. The van der Waals surface area contributed by atoms with Crippen molar-refractivity contribution in [3.05, 3.63) is 29.3 Å². The molecule has 1 heterocycles. The van der Waals surface area contributed by atoms with Gasteiger partial charge in [0.15, 0.2) is 0 Å². The van der Waals surface area contributed by atoms with Gasteiger partial charge in [0.2, 0.25) is 0 Å². The minimum atomic E-state index is 0.271. The van der Waals surface area contributed by atoms with Crippen molar-refractivity contribution in [1.82, 2.24) is 0 Å². The Kier molecular flexibility index (Phi) is 5.44. The van der Waals surface area contributed by atoms with Gasteiger partial charge in [-0.1, -0.05) is 13.0 Å². The first-order valence-electron chi connectivity index (χ1n) is 7.77. The standard InChI is InChI=1S/C17H28N2O/c1-4-15(18)11-14-7-8-16(10-13(14)2)19-9-5-6-17(12-19)20-3/h7-8,10,15,17H,4-6,9,11-12,18H2,1-3H3. The van der Waals surface area contributed by atoms with E-state index < -0.39 is 0 Å². The third-order valence-electron chi connectivity index (χ3n) is 4.41. The number of anilines is 1. The molecule has 0 bridgehead atoms. The second-order valence-electron chi connectivity index (χ2n) is 5.93. The number of rotatable bonds is 5. The molecule has 1 aliphatic rings. The number of aryl methyl sites for hydroxylation is 1. The van der Waals surface area contributed by atoms with E-state index in [4.69, 9.17) is 10.5 Å². The molecule has 0 amide bonds. The van der Waals surface area contributed by atoms with Gasteiger partial charge in [0, 0.05) is 31.9 Å². The molecule has 0 radical (unpaired) electrons. The molecule has 112 valence electrons. The summed E-state index contributed by atoms with van der Waals surface area (Å²) >= 11 is 0. The third-order valence-corrected chi connectivity index (χ3v) is 4.41. The second-order valence-corrected chi connectivity index (χ2v) is 5.93. The molecule has 2 unspecified atom stereocenters. The van der Waals surface area contributed by atoms with Crippen LogP contribution in [0, 0.1) is 6.92 Å². The zero-order valence-electron chi connectivity index (χ0n) is 13.1. The quantitative estimate of drug-likeness (QED) is 0.898. The summed E-state index contributed by atoms with van der Waals surface area (Å²) in [5, 5.41) is 0. The van der Waals surface area contributed by atoms with E-state index in [1.807, 2.05) is 7.11 Å². The Balaban J connectivity index is 2.08. The maximum atomic E-state index is 6.06. The Bertz CT molecular complexity index is 433. The number of benzene rings is 1. The molecule has 0 spiro atoms. The molecule has 2 rings (SSSR count). The topological polar surface area (TPSA) is 38.5 Å². The highest BCUT2D eigenvalue weighted by molar-refractivity contribution is 5.51. The molecule has 2 N–H and O–H groups in total. The van der Waals surface area contributed by atoms with Crippen LogP contribution in [0.4, 0.5) is 5.69 Å². The van der Waals surface area contributed by atoms with Gasteiger partial charge in [0.05, 0.1) is 6.10 Å². The molecule has 3 nitrogen and oxygen atoms in total. The maximum absolute atomic E-state index is 6.06. The van der Waals surface area contributed by atoms with Gasteiger partial charge < -0.3 is 15.4 Å². The fourth-order valence-corrected chi connectivity index (χ4v) is 2.90. The smallest absolute Gasteiger partial charge is 0.0746 e. The lowest BCUT2D eigenvalue weighted by Gasteiger charge is -2.34. The van der Waals surface area contributed by atoms with Crippen LogP contribution in [0.5, 0.6) is 0 Å². The number of hydrogen-bond donors (Lipinski definition) is 1. The normalized spacial score (nSPS) is 21.0. The van der Waals surface area contributed by atoms with Gasteiger partial charge in [-0.05, 0) is 55.9 Å². The van der Waals surface area contributed by atoms with Gasteiger partial charge in [-0.2, -0.15) is 0 Å². The summed E-state index contributed by atoms with van der Waals surface area (Å²) in [7, 11) is 1.81. The lowest BCUT2D eigenvalue weighted by atomic mass is 9.98. The van der Waals surface area contributed by atoms with Crippen LogP contribution >= 0.6 is 0 Å². The van der Waals surface area contributed by atoms with Crippen molar-refractivity contribution in [3.8, 4) is 0 Å². The fraction of sp³-hybridized carbons (Fsp3) is 0.647. The maximum Gasteiger partial charge on any atom is 0.0746 e. The van der Waals surface area contributed by atoms with Crippen molar-refractivity contribution in [2.75, 3.05) is 25.1 Å². The predicted octanol–water partition coefficient (Wildman–Crippen LogP) is 2.89. The van der Waals surface area contributed by atoms with Crippen molar-refractivity contribution in [2.24, 2.45) is 5.73 Å². The summed E-state index contributed by atoms with van der Waals surface area (Å²) in [5.41, 5.74) is 10.1. The highest BCUT2D eigenvalue weighted by atomic mass is 16.5. The van der Waals surface area contributed by atoms with Gasteiger partial charge in [0.1, 0.15) is 0 Å². The lowest BCUT2D eigenvalue weighted by molar-refractivity contribution is 0.0893. The van der Waals surface area contributed by atoms with Gasteiger partial charge in [-0.3, -0.25) is 0 Å². The van der Waals surface area contributed by atoms with Crippen LogP contribution in [-0.2, 0) is 11.2 Å². The van der Waals surface area contributed by atoms with Crippen LogP contribution in [0.25, 0.3) is 0 Å². The van der Waals surface area contributed by atoms with E-state index in [0.29, 0.717) is 6.10 Å². The average Bonchev–Trinajstić information content (AvgIpc) is 2.49. The van der Waals surface area contributed by atoms with Crippen molar-refractivity contribution < 1.29 is 4.74 Å². The highest BCUT2D eigenvalue weighted by Crippen LogP contribution is 2.24. The molecule has 1 fully saturated rings. The van der Waals surface area contributed by atoms with E-state index in [9.17, 15) is 0 Å². The number of hydrogen-bond acceptors (Lipinski definition) is 3. The molecule has 1 aromatic rings. The first-order valence-corrected chi connectivity index (χ1v) is 7.77. The van der Waals surface area contributed by atoms with Crippen LogP contribution in [-0.4, -0.2) is 32.3 Å². The molecule has 20 heavy (non-hydrogen) atoms. The van der Waals surface area contributed by atoms with Gasteiger partial charge in [0.25, 0.3) is 0 Å². The fourth-order valence-electron chi connectivity index (χ4n) is 2.90. The van der Waals surface area contributed by atoms with Crippen molar-refractivity contribution in [3.63, 3.8) is 0 Å². The molecule has 1 aliphatic heterocycles. The van der Waals surface area contributed by atoms with Gasteiger partial charge >= 0.3 is 0 Å². The van der Waals surface area contributed by atoms with Gasteiger partial charge in [-0.25, -0.2) is 0 Å². The van der Waals surface area contributed by atoms with Crippen LogP contribution in [0.3, 0.4) is 0 Å². The van der Waals surface area contributed by atoms with Crippen molar-refractivity contribution in [1.29, 1.82) is 0 Å². The molecule has 1 aromatic carbocycles. The molecular weight excluding hydrogens is 248 g/mol. The second kappa shape index (κ2) is 7.09. The SMILES string of the molecule is CCC(N)Cc1ccc(N2CCCC(OC)C2)cc1C. The molecular formula is C17H28N2O. The monoisotopic (exact) mass is 276 g/mol. The molecule has 0 aromatic heterocycles. The largest absolute Gasteiger partial charge is 0.380 e. The predicted molar refractivity (Wildman–Crippen MR) is 85.4 cm³/mol. The first kappa shape index (κ1) is 15.3. The van der Waals surface area contributed by atoms with E-state index >= 15 is 0 Å². The number of ether oxygens (including phenoxy) is 1. The molecule has 0 saturated carbocycles. The summed E-state index contributed by atoms with van der Waals surface area (Å²) in [6.45, 7) is 6.48. The van der Waals surface area contributed by atoms with Gasteiger partial charge in [-0.15, -0.1) is 0 Å². The van der Waals surface area contributed by atoms with Crippen LogP contribution < -0.4 is 10.6 Å². The minimum absolute atomic E-state index is 0.271. The number of piperidine rings is 1. The average molecular weight is 276 g/mol. The van der Waals surface area contributed by atoms with Crippen molar-refractivity contribution in [2.45, 2.75) is 51.7 Å². The highest BCUT2D eigenvalue weighted by Gasteiger charge is 2.20. The zero-order chi connectivity index (χ0) is 14.5. The molecule has 1 saturated heterocycles. The number of nitrogens with zero attached hydrogens (tertiary/aromatic N) is 1. The van der Waals surface area contributed by atoms with Crippen LogP contribution in [0.1, 0.15) is 37.3 Å². The first-order chi connectivity index (χ1) is 9.63. The Morgan fingerprint density at radius 2 is 2.25 bits per heavy atom. The Hall–Kier alpha value is -1.06. The van der Waals surface area contributed by atoms with Crippen molar-refractivity contribution >= 4 is 5.69 Å². The summed E-state index contributed by atoms with van der Waals surface area (Å²) in [6, 6.07) is 7.06. The van der Waals surface area contributed by atoms with Crippen LogP contribution in [0.15, 0.2) is 18.2 Å². The molecule has 2 atom stereocenters. The van der Waals surface area contributed by atoms with E-state index in [2.05, 4.69) is 36.9 Å². The van der Waals surface area contributed by atoms with E-state index in [0.717, 1.165) is 25.9 Å². The zero-order valence-corrected chi connectivity index (χ0v) is 13.1. The summed E-state index contributed by atoms with van der Waals surface area (Å²) in [6.07, 6.45) is 4.76. The third kappa shape index (κ3) is 3.74. The Morgan fingerprint density at radius 3 is 2.90 bits per heavy atom.